The Hall–Kier alpha value is -1.40. The van der Waals surface area contributed by atoms with E-state index in [1.54, 1.807) is 0 Å². The van der Waals surface area contributed by atoms with Crippen LogP contribution in [0.4, 0.5) is 10.1 Å². The summed E-state index contributed by atoms with van der Waals surface area (Å²) in [5, 5.41) is 7.93. The smallest absolute Gasteiger partial charge is 0.238 e. The summed E-state index contributed by atoms with van der Waals surface area (Å²) < 4.78 is 35.7. The van der Waals surface area contributed by atoms with Crippen molar-refractivity contribution in [1.82, 2.24) is 0 Å². The molecule has 0 spiro atoms. The Kier molecular flexibility index (Phi) is 3.17. The maximum Gasteiger partial charge on any atom is 0.238 e. The van der Waals surface area contributed by atoms with Gasteiger partial charge in [0.15, 0.2) is 0 Å². The predicted molar refractivity (Wildman–Crippen MR) is 63.6 cm³/mol. The van der Waals surface area contributed by atoms with E-state index in [2.05, 4.69) is 5.32 Å². The van der Waals surface area contributed by atoms with Crippen LogP contribution in [0.5, 0.6) is 0 Å². The van der Waals surface area contributed by atoms with E-state index < -0.39 is 15.8 Å². The minimum absolute atomic E-state index is 0.171. The fourth-order valence-electron chi connectivity index (χ4n) is 1.74. The standard InChI is InChI=1S/C11H13FN2O2S/c12-10-7-9(17(13,15)16)5-6-11(10)14-8-3-1-2-4-8/h1-2,5-8,14H,3-4H2,(H2,13,15,16). The van der Waals surface area contributed by atoms with Crippen LogP contribution < -0.4 is 10.5 Å². The van der Waals surface area contributed by atoms with E-state index in [1.165, 1.54) is 12.1 Å². The summed E-state index contributed by atoms with van der Waals surface area (Å²) in [6.07, 6.45) is 5.73. The van der Waals surface area contributed by atoms with Gasteiger partial charge in [0.25, 0.3) is 0 Å². The third kappa shape index (κ3) is 2.83. The molecule has 92 valence electrons. The zero-order valence-electron chi connectivity index (χ0n) is 9.06. The molecular weight excluding hydrogens is 243 g/mol. The van der Waals surface area contributed by atoms with Crippen LogP contribution in [0.25, 0.3) is 0 Å². The molecule has 0 aromatic heterocycles. The zero-order chi connectivity index (χ0) is 12.5. The monoisotopic (exact) mass is 256 g/mol. The highest BCUT2D eigenvalue weighted by molar-refractivity contribution is 7.89. The molecule has 0 amide bonds. The molecule has 17 heavy (non-hydrogen) atoms. The van der Waals surface area contributed by atoms with Crippen molar-refractivity contribution in [2.75, 3.05) is 5.32 Å². The normalized spacial score (nSPS) is 16.4. The van der Waals surface area contributed by atoms with Crippen LogP contribution in [-0.4, -0.2) is 14.5 Å². The number of benzene rings is 1. The first-order valence-corrected chi connectivity index (χ1v) is 6.75. The number of halogens is 1. The quantitative estimate of drug-likeness (QED) is 0.807. The molecule has 1 aromatic carbocycles. The first-order valence-electron chi connectivity index (χ1n) is 5.21. The summed E-state index contributed by atoms with van der Waals surface area (Å²) in [6, 6.07) is 3.79. The maximum absolute atomic E-state index is 13.6. The summed E-state index contributed by atoms with van der Waals surface area (Å²) in [6.45, 7) is 0. The van der Waals surface area contributed by atoms with Crippen molar-refractivity contribution in [2.24, 2.45) is 5.14 Å². The number of primary sulfonamides is 1. The third-order valence-electron chi connectivity index (χ3n) is 2.64. The number of nitrogens with one attached hydrogen (secondary N) is 1. The van der Waals surface area contributed by atoms with E-state index in [9.17, 15) is 12.8 Å². The molecule has 0 bridgehead atoms. The van der Waals surface area contributed by atoms with Crippen LogP contribution in [-0.2, 0) is 10.0 Å². The van der Waals surface area contributed by atoms with Gasteiger partial charge in [-0.05, 0) is 31.0 Å². The minimum atomic E-state index is -3.85. The van der Waals surface area contributed by atoms with Gasteiger partial charge < -0.3 is 5.32 Å². The van der Waals surface area contributed by atoms with E-state index in [0.717, 1.165) is 18.9 Å². The van der Waals surface area contributed by atoms with Gasteiger partial charge in [-0.15, -0.1) is 0 Å². The van der Waals surface area contributed by atoms with Crippen LogP contribution in [0, 0.1) is 5.82 Å². The van der Waals surface area contributed by atoms with Gasteiger partial charge >= 0.3 is 0 Å². The zero-order valence-corrected chi connectivity index (χ0v) is 9.87. The van der Waals surface area contributed by atoms with E-state index in [0.29, 0.717) is 5.69 Å². The molecule has 0 aliphatic heterocycles. The molecule has 0 unspecified atom stereocenters. The SMILES string of the molecule is NS(=O)(=O)c1ccc(NC2CC=CC2)c(F)c1. The second-order valence-corrected chi connectivity index (χ2v) is 5.53. The molecule has 0 saturated heterocycles. The van der Waals surface area contributed by atoms with Crippen molar-refractivity contribution in [3.8, 4) is 0 Å². The number of hydrogen-bond donors (Lipinski definition) is 2. The molecule has 0 atom stereocenters. The van der Waals surface area contributed by atoms with Crippen molar-refractivity contribution in [1.29, 1.82) is 0 Å². The average molecular weight is 256 g/mol. The van der Waals surface area contributed by atoms with Gasteiger partial charge in [0.05, 0.1) is 10.6 Å². The Balaban J connectivity index is 2.20. The number of rotatable bonds is 3. The molecule has 0 fully saturated rings. The van der Waals surface area contributed by atoms with E-state index >= 15 is 0 Å². The molecular formula is C11H13FN2O2S. The van der Waals surface area contributed by atoms with Crippen LogP contribution in [0.15, 0.2) is 35.2 Å². The van der Waals surface area contributed by atoms with Crippen molar-refractivity contribution in [2.45, 2.75) is 23.8 Å². The molecule has 0 heterocycles. The second-order valence-electron chi connectivity index (χ2n) is 3.97. The van der Waals surface area contributed by atoms with Crippen molar-refractivity contribution in [3.05, 3.63) is 36.2 Å². The molecule has 6 heteroatoms. The van der Waals surface area contributed by atoms with Gasteiger partial charge in [0.1, 0.15) is 5.82 Å². The van der Waals surface area contributed by atoms with Crippen molar-refractivity contribution < 1.29 is 12.8 Å². The Labute approximate surface area is 99.4 Å². The molecule has 1 aromatic rings. The van der Waals surface area contributed by atoms with Crippen LogP contribution >= 0.6 is 0 Å². The lowest BCUT2D eigenvalue weighted by molar-refractivity contribution is 0.592. The lowest BCUT2D eigenvalue weighted by atomic mass is 10.2. The fourth-order valence-corrected chi connectivity index (χ4v) is 2.27. The highest BCUT2D eigenvalue weighted by atomic mass is 32.2. The lowest BCUT2D eigenvalue weighted by Gasteiger charge is -2.14. The van der Waals surface area contributed by atoms with Gasteiger partial charge in [-0.25, -0.2) is 17.9 Å². The summed E-state index contributed by atoms with van der Waals surface area (Å²) >= 11 is 0. The molecule has 2 rings (SSSR count). The van der Waals surface area contributed by atoms with Crippen LogP contribution in [0.2, 0.25) is 0 Å². The largest absolute Gasteiger partial charge is 0.379 e. The van der Waals surface area contributed by atoms with Gasteiger partial charge in [0, 0.05) is 6.04 Å². The molecule has 3 N–H and O–H groups in total. The van der Waals surface area contributed by atoms with Crippen molar-refractivity contribution >= 4 is 15.7 Å². The Morgan fingerprint density at radius 2 is 1.94 bits per heavy atom. The molecule has 0 saturated carbocycles. The second kappa shape index (κ2) is 4.46. The molecule has 1 aliphatic rings. The highest BCUT2D eigenvalue weighted by Crippen LogP contribution is 2.22. The van der Waals surface area contributed by atoms with E-state index in [4.69, 9.17) is 5.14 Å². The Morgan fingerprint density at radius 1 is 1.29 bits per heavy atom. The van der Waals surface area contributed by atoms with Crippen LogP contribution in [0.1, 0.15) is 12.8 Å². The topological polar surface area (TPSA) is 72.2 Å². The Bertz CT molecular complexity index is 547. The number of hydrogen-bond acceptors (Lipinski definition) is 3. The first-order chi connectivity index (χ1) is 7.97. The van der Waals surface area contributed by atoms with Crippen molar-refractivity contribution in [3.63, 3.8) is 0 Å². The fraction of sp³-hybridized carbons (Fsp3) is 0.273. The number of nitrogens with two attached hydrogens (primary N) is 1. The summed E-state index contributed by atoms with van der Waals surface area (Å²) in [7, 11) is -3.85. The number of anilines is 1. The lowest BCUT2D eigenvalue weighted by Crippen LogP contribution is -2.17. The van der Waals surface area contributed by atoms with Gasteiger partial charge in [-0.3, -0.25) is 0 Å². The Morgan fingerprint density at radius 3 is 2.47 bits per heavy atom. The average Bonchev–Trinajstić information content (AvgIpc) is 2.72. The summed E-state index contributed by atoms with van der Waals surface area (Å²) in [5.74, 6) is -0.608. The van der Waals surface area contributed by atoms with Crippen LogP contribution in [0.3, 0.4) is 0 Å². The molecule has 0 radical (unpaired) electrons. The molecule has 4 nitrogen and oxygen atoms in total. The first kappa shape index (κ1) is 12.1. The highest BCUT2D eigenvalue weighted by Gasteiger charge is 2.15. The number of sulfonamides is 1. The van der Waals surface area contributed by atoms with Gasteiger partial charge in [0.2, 0.25) is 10.0 Å². The third-order valence-corrected chi connectivity index (χ3v) is 3.55. The van der Waals surface area contributed by atoms with Gasteiger partial charge in [-0.1, -0.05) is 12.2 Å². The van der Waals surface area contributed by atoms with E-state index in [1.807, 2.05) is 12.2 Å². The predicted octanol–water partition coefficient (Wildman–Crippen LogP) is 1.60. The van der Waals surface area contributed by atoms with Gasteiger partial charge in [-0.2, -0.15) is 0 Å². The summed E-state index contributed by atoms with van der Waals surface area (Å²) in [5.41, 5.74) is 0.297. The van der Waals surface area contributed by atoms with E-state index in [-0.39, 0.29) is 10.9 Å². The minimum Gasteiger partial charge on any atom is -0.379 e. The molecule has 1 aliphatic carbocycles. The maximum atomic E-state index is 13.6. The summed E-state index contributed by atoms with van der Waals surface area (Å²) in [4.78, 5) is -0.218.